The molecule has 1 aliphatic rings. The largest absolute Gasteiger partial charge is 0.314 e. The third kappa shape index (κ3) is 2.81. The third-order valence-corrected chi connectivity index (χ3v) is 3.17. The van der Waals surface area contributed by atoms with Gasteiger partial charge in [0.25, 0.3) is 0 Å². The molecule has 15 heavy (non-hydrogen) atoms. The van der Waals surface area contributed by atoms with Crippen molar-refractivity contribution in [3.05, 3.63) is 17.0 Å². The molecule has 0 spiro atoms. The average Bonchev–Trinajstić information content (AvgIpc) is 2.98. The average molecular weight is 207 g/mol. The Morgan fingerprint density at radius 3 is 2.73 bits per heavy atom. The number of H-pyrrole nitrogens is 1. The minimum absolute atomic E-state index is 0.695. The van der Waals surface area contributed by atoms with Crippen LogP contribution in [0.4, 0.5) is 0 Å². The summed E-state index contributed by atoms with van der Waals surface area (Å²) < 4.78 is 0. The molecule has 1 aliphatic carbocycles. The van der Waals surface area contributed by atoms with E-state index < -0.39 is 0 Å². The maximum atomic E-state index is 4.23. The predicted octanol–water partition coefficient (Wildman–Crippen LogP) is 1.96. The van der Waals surface area contributed by atoms with Crippen LogP contribution in [-0.4, -0.2) is 22.8 Å². The smallest absolute Gasteiger partial charge is 0.0626 e. The molecule has 84 valence electrons. The van der Waals surface area contributed by atoms with Gasteiger partial charge in [0.1, 0.15) is 0 Å². The minimum atomic E-state index is 0.695. The van der Waals surface area contributed by atoms with Crippen LogP contribution >= 0.6 is 0 Å². The molecule has 1 fully saturated rings. The van der Waals surface area contributed by atoms with Gasteiger partial charge in [-0.2, -0.15) is 5.10 Å². The topological polar surface area (TPSA) is 40.7 Å². The molecule has 1 saturated carbocycles. The fourth-order valence-corrected chi connectivity index (χ4v) is 1.95. The van der Waals surface area contributed by atoms with Gasteiger partial charge in [-0.25, -0.2) is 0 Å². The number of nitrogens with zero attached hydrogens (tertiary/aromatic N) is 1. The normalized spacial score (nSPS) is 18.1. The van der Waals surface area contributed by atoms with Gasteiger partial charge >= 0.3 is 0 Å². The van der Waals surface area contributed by atoms with Crippen LogP contribution in [0.3, 0.4) is 0 Å². The van der Waals surface area contributed by atoms with Gasteiger partial charge in [0.2, 0.25) is 0 Å². The Morgan fingerprint density at radius 2 is 2.20 bits per heavy atom. The Bertz CT molecular complexity index is 306. The highest BCUT2D eigenvalue weighted by Crippen LogP contribution is 2.20. The quantitative estimate of drug-likeness (QED) is 0.775. The molecular weight excluding hydrogens is 186 g/mol. The molecule has 1 heterocycles. The second-order valence-corrected chi connectivity index (χ2v) is 4.90. The lowest BCUT2D eigenvalue weighted by Gasteiger charge is -2.12. The van der Waals surface area contributed by atoms with Gasteiger partial charge < -0.3 is 5.32 Å². The number of aromatic amines is 1. The van der Waals surface area contributed by atoms with Gasteiger partial charge in [0.05, 0.1) is 5.69 Å². The van der Waals surface area contributed by atoms with Crippen LogP contribution < -0.4 is 5.32 Å². The van der Waals surface area contributed by atoms with Gasteiger partial charge in [0.15, 0.2) is 0 Å². The number of aryl methyl sites for hydroxylation is 2. The fourth-order valence-electron chi connectivity index (χ4n) is 1.95. The summed E-state index contributed by atoms with van der Waals surface area (Å²) in [7, 11) is 0. The zero-order chi connectivity index (χ0) is 10.8. The van der Waals surface area contributed by atoms with Crippen molar-refractivity contribution in [1.29, 1.82) is 0 Å². The molecule has 3 nitrogen and oxygen atoms in total. The van der Waals surface area contributed by atoms with Crippen molar-refractivity contribution < 1.29 is 0 Å². The Labute approximate surface area is 91.7 Å². The summed E-state index contributed by atoms with van der Waals surface area (Å²) in [4.78, 5) is 0. The fraction of sp³-hybridized carbons (Fsp3) is 0.750. The second kappa shape index (κ2) is 4.35. The summed E-state index contributed by atoms with van der Waals surface area (Å²) in [6.45, 7) is 7.63. The molecule has 2 rings (SSSR count). The first-order chi connectivity index (χ1) is 7.16. The van der Waals surface area contributed by atoms with Crippen LogP contribution in [-0.2, 0) is 6.42 Å². The number of hydrogen-bond donors (Lipinski definition) is 2. The number of nitrogens with one attached hydrogen (secondary N) is 2. The highest BCUT2D eigenvalue weighted by Gasteiger charge is 2.21. The van der Waals surface area contributed by atoms with Crippen molar-refractivity contribution in [1.82, 2.24) is 15.5 Å². The Kier molecular flexibility index (Phi) is 3.10. The van der Waals surface area contributed by atoms with Crippen LogP contribution in [0.15, 0.2) is 0 Å². The molecule has 0 aromatic carbocycles. The number of aromatic nitrogens is 2. The van der Waals surface area contributed by atoms with E-state index in [4.69, 9.17) is 0 Å². The molecule has 2 N–H and O–H groups in total. The van der Waals surface area contributed by atoms with Crippen LogP contribution in [0.2, 0.25) is 0 Å². The lowest BCUT2D eigenvalue weighted by molar-refractivity contribution is 0.507. The third-order valence-electron chi connectivity index (χ3n) is 3.17. The predicted molar refractivity (Wildman–Crippen MR) is 62.0 cm³/mol. The van der Waals surface area contributed by atoms with Crippen molar-refractivity contribution in [2.45, 2.75) is 46.1 Å². The van der Waals surface area contributed by atoms with E-state index in [1.165, 1.54) is 24.1 Å². The summed E-state index contributed by atoms with van der Waals surface area (Å²) >= 11 is 0. The first-order valence-corrected chi connectivity index (χ1v) is 5.90. The van der Waals surface area contributed by atoms with Gasteiger partial charge in [-0.05, 0) is 51.1 Å². The minimum Gasteiger partial charge on any atom is -0.314 e. The van der Waals surface area contributed by atoms with Gasteiger partial charge in [-0.1, -0.05) is 6.92 Å². The molecule has 3 heteroatoms. The van der Waals surface area contributed by atoms with E-state index in [-0.39, 0.29) is 0 Å². The maximum absolute atomic E-state index is 4.23. The van der Waals surface area contributed by atoms with Gasteiger partial charge in [-0.15, -0.1) is 0 Å². The van der Waals surface area contributed by atoms with E-state index in [2.05, 4.69) is 36.3 Å². The van der Waals surface area contributed by atoms with Gasteiger partial charge in [-0.3, -0.25) is 5.10 Å². The van der Waals surface area contributed by atoms with E-state index >= 15 is 0 Å². The summed E-state index contributed by atoms with van der Waals surface area (Å²) in [6, 6.07) is 0.819. The Morgan fingerprint density at radius 1 is 1.47 bits per heavy atom. The van der Waals surface area contributed by atoms with Crippen LogP contribution in [0.5, 0.6) is 0 Å². The van der Waals surface area contributed by atoms with Crippen molar-refractivity contribution in [2.75, 3.05) is 6.54 Å². The lowest BCUT2D eigenvalue weighted by atomic mass is 10.00. The highest BCUT2D eigenvalue weighted by molar-refractivity contribution is 5.23. The van der Waals surface area contributed by atoms with E-state index in [9.17, 15) is 0 Å². The molecule has 1 unspecified atom stereocenters. The van der Waals surface area contributed by atoms with E-state index in [0.717, 1.165) is 24.7 Å². The van der Waals surface area contributed by atoms with Crippen LogP contribution in [0, 0.1) is 19.8 Å². The second-order valence-electron chi connectivity index (χ2n) is 4.90. The van der Waals surface area contributed by atoms with Crippen LogP contribution in [0.25, 0.3) is 0 Å². The molecule has 0 bridgehead atoms. The Hall–Kier alpha value is -0.830. The molecule has 1 atom stereocenters. The zero-order valence-electron chi connectivity index (χ0n) is 9.93. The van der Waals surface area contributed by atoms with E-state index in [1.54, 1.807) is 0 Å². The summed E-state index contributed by atoms with van der Waals surface area (Å²) in [5, 5.41) is 10.9. The molecule has 1 aromatic heterocycles. The standard InChI is InChI=1S/C12H21N3/c1-8(7-13-11-4-5-11)6-12-9(2)14-15-10(12)3/h8,11,13H,4-7H2,1-3H3,(H,14,15). The van der Waals surface area contributed by atoms with E-state index in [1.807, 2.05) is 0 Å². The molecule has 1 aromatic rings. The summed E-state index contributed by atoms with van der Waals surface area (Å²) in [5.41, 5.74) is 3.79. The van der Waals surface area contributed by atoms with Crippen molar-refractivity contribution >= 4 is 0 Å². The SMILES string of the molecule is Cc1n[nH]c(C)c1CC(C)CNC1CC1. The molecular formula is C12H21N3. The highest BCUT2D eigenvalue weighted by atomic mass is 15.1. The molecule has 0 aliphatic heterocycles. The van der Waals surface area contributed by atoms with Crippen molar-refractivity contribution in [3.63, 3.8) is 0 Å². The monoisotopic (exact) mass is 207 g/mol. The zero-order valence-corrected chi connectivity index (χ0v) is 9.93. The summed E-state index contributed by atoms with van der Waals surface area (Å²) in [6.07, 6.45) is 3.88. The maximum Gasteiger partial charge on any atom is 0.0626 e. The first kappa shape index (κ1) is 10.7. The molecule has 0 saturated heterocycles. The van der Waals surface area contributed by atoms with E-state index in [0.29, 0.717) is 5.92 Å². The first-order valence-electron chi connectivity index (χ1n) is 5.90. The van der Waals surface area contributed by atoms with Crippen molar-refractivity contribution in [3.8, 4) is 0 Å². The Balaban J connectivity index is 1.84. The lowest BCUT2D eigenvalue weighted by Crippen LogP contribution is -2.24. The van der Waals surface area contributed by atoms with Crippen LogP contribution in [0.1, 0.15) is 36.7 Å². The summed E-state index contributed by atoms with van der Waals surface area (Å²) in [5.74, 6) is 0.695. The molecule has 0 amide bonds. The van der Waals surface area contributed by atoms with Gasteiger partial charge in [0, 0.05) is 11.7 Å². The van der Waals surface area contributed by atoms with Crippen molar-refractivity contribution in [2.24, 2.45) is 5.92 Å². The number of hydrogen-bond acceptors (Lipinski definition) is 2. The molecule has 0 radical (unpaired) electrons. The number of rotatable bonds is 5.